The van der Waals surface area contributed by atoms with Gasteiger partial charge in [-0.05, 0) is 115 Å². The summed E-state index contributed by atoms with van der Waals surface area (Å²) in [4.78, 5) is 87.3. The number of aromatic nitrogens is 1. The molecule has 0 saturated heterocycles. The Labute approximate surface area is 514 Å². The number of phenolic OH excluding ortho intramolecular Hbond substituents is 1. The van der Waals surface area contributed by atoms with Crippen molar-refractivity contribution in [2.75, 3.05) is 33.0 Å². The second-order valence-corrected chi connectivity index (χ2v) is 20.8. The van der Waals surface area contributed by atoms with E-state index < -0.39 is 39.8 Å². The molecule has 444 valence electrons. The molecule has 4 heterocycles. The van der Waals surface area contributed by atoms with Gasteiger partial charge in [-0.2, -0.15) is 0 Å². The Bertz CT molecular complexity index is 4160. The molecule has 3 aliphatic heterocycles. The molecule has 1 aliphatic carbocycles. The van der Waals surface area contributed by atoms with Crippen LogP contribution in [0.1, 0.15) is 72.2 Å². The van der Waals surface area contributed by atoms with Crippen molar-refractivity contribution in [1.29, 1.82) is 0 Å². The van der Waals surface area contributed by atoms with Crippen LogP contribution in [0.5, 0.6) is 28.7 Å². The molecule has 7 aromatic rings. The van der Waals surface area contributed by atoms with Crippen LogP contribution in [0.25, 0.3) is 33.4 Å². The highest BCUT2D eigenvalue weighted by atomic mass is 35.5. The van der Waals surface area contributed by atoms with Gasteiger partial charge in [0.1, 0.15) is 34.3 Å². The zero-order chi connectivity index (χ0) is 62.1. The van der Waals surface area contributed by atoms with E-state index in [-0.39, 0.29) is 96.1 Å². The van der Waals surface area contributed by atoms with Crippen LogP contribution in [-0.2, 0) is 35.8 Å². The molecule has 20 nitrogen and oxygen atoms in total. The Hall–Kier alpha value is -9.41. The fourth-order valence-corrected chi connectivity index (χ4v) is 10.3. The number of aryl methyl sites for hydroxylation is 2. The maximum atomic E-state index is 13.1. The van der Waals surface area contributed by atoms with Gasteiger partial charge in [-0.3, -0.25) is 34.3 Å². The van der Waals surface area contributed by atoms with Crippen molar-refractivity contribution in [3.63, 3.8) is 0 Å². The molecular formula is C63H47Cl4N3O17. The Morgan fingerprint density at radius 3 is 2.14 bits per heavy atom. The van der Waals surface area contributed by atoms with E-state index in [2.05, 4.69) is 10.3 Å². The van der Waals surface area contributed by atoms with Gasteiger partial charge in [0.2, 0.25) is 5.43 Å². The Morgan fingerprint density at radius 2 is 1.47 bits per heavy atom. The van der Waals surface area contributed by atoms with Crippen LogP contribution in [0.15, 0.2) is 149 Å². The number of aromatic carboxylic acids is 1. The third-order valence-corrected chi connectivity index (χ3v) is 14.8. The first-order chi connectivity index (χ1) is 41.8. The number of halogens is 4. The minimum atomic E-state index is -1.49. The van der Waals surface area contributed by atoms with Gasteiger partial charge in [0.05, 0.1) is 50.9 Å². The number of pyridine rings is 1. The summed E-state index contributed by atoms with van der Waals surface area (Å²) in [5, 5.41) is 34.5. The highest BCUT2D eigenvalue weighted by Gasteiger charge is 2.54. The number of esters is 2. The van der Waals surface area contributed by atoms with Gasteiger partial charge in [0.25, 0.3) is 18.1 Å². The lowest BCUT2D eigenvalue weighted by Crippen LogP contribution is -2.33. The summed E-state index contributed by atoms with van der Waals surface area (Å²) in [5.41, 5.74) is 2.21. The lowest BCUT2D eigenvalue weighted by molar-refractivity contribution is -0.384. The van der Waals surface area contributed by atoms with Crippen LogP contribution >= 0.6 is 46.4 Å². The van der Waals surface area contributed by atoms with E-state index in [0.29, 0.717) is 64.7 Å². The molecule has 24 heteroatoms. The summed E-state index contributed by atoms with van der Waals surface area (Å²) in [6.07, 6.45) is 4.96. The molecule has 4 aliphatic rings. The number of ether oxygens (including phenoxy) is 6. The molecule has 0 fully saturated rings. The van der Waals surface area contributed by atoms with E-state index in [1.54, 1.807) is 42.7 Å². The lowest BCUT2D eigenvalue weighted by atomic mass is 9.77. The topological polar surface area (TPSA) is 279 Å². The predicted octanol–water partition coefficient (Wildman–Crippen LogP) is 13.0. The Kier molecular flexibility index (Phi) is 19.5. The molecule has 0 saturated carbocycles. The van der Waals surface area contributed by atoms with Crippen LogP contribution < -0.4 is 25.0 Å². The number of aromatic hydroxyl groups is 1. The van der Waals surface area contributed by atoms with Gasteiger partial charge in [-0.1, -0.05) is 64.6 Å². The van der Waals surface area contributed by atoms with Crippen molar-refractivity contribution in [2.24, 2.45) is 0 Å². The zero-order valence-electron chi connectivity index (χ0n) is 45.7. The molecule has 6 aromatic carbocycles. The quantitative estimate of drug-likeness (QED) is 0.0145. The fourth-order valence-electron chi connectivity index (χ4n) is 9.58. The smallest absolute Gasteiger partial charge is 0.340 e. The lowest BCUT2D eigenvalue weighted by Gasteiger charge is -2.37. The minimum absolute atomic E-state index is 0.0248. The molecule has 87 heavy (non-hydrogen) atoms. The van der Waals surface area contributed by atoms with Crippen LogP contribution in [0.2, 0.25) is 20.1 Å². The van der Waals surface area contributed by atoms with Crippen LogP contribution in [-0.4, -0.2) is 83.4 Å². The maximum absolute atomic E-state index is 13.1. The van der Waals surface area contributed by atoms with Crippen molar-refractivity contribution in [3.05, 3.63) is 225 Å². The van der Waals surface area contributed by atoms with E-state index in [9.17, 15) is 49.1 Å². The molecule has 0 bridgehead atoms. The molecule has 1 amide bonds. The number of hydrogen-bond donors (Lipinski definition) is 3. The van der Waals surface area contributed by atoms with Crippen LogP contribution in [0, 0.1) is 17.0 Å². The largest absolute Gasteiger partial charge is 0.506 e. The summed E-state index contributed by atoms with van der Waals surface area (Å²) in [6.45, 7) is 4.86. The molecule has 1 spiro atoms. The van der Waals surface area contributed by atoms with E-state index >= 15 is 0 Å². The van der Waals surface area contributed by atoms with Gasteiger partial charge in [0.15, 0.2) is 11.4 Å². The number of carbonyl (C=O) groups excluding carboxylic acids is 4. The number of rotatable bonds is 17. The standard InChI is InChI=1S/C34H28Cl2N2O10.C24H14Cl2O7.C5H5N/c35-26-15-24-30(17-28(26)39)48-31-18-29(40)27(36)16-25(31)32(24)23-14-20(5-8-22(23)34(42)43)33(41)37-9-11-47-13-12-46-10-1-2-19-3-6-21(7-4-19)38(44)45;1-11-5-20-16(7-18(11)25)24(15-6-13(30-10-27)3-4-14(15)23(29)33-24)17-8-19(26)22(31-12(2)28)9-21(17)32-20;1-2-4-6-5-3-1/h3-8,14-18,39H,1-2,9-13H2,(H,37,41)(H,42,43);3-10H,1-2H3;1-5H. The SMILES string of the molecule is CC(=O)Oc1cc2c(cc1Cl)C1(OC(=O)c3ccc(OC=O)cc31)c1cc(Cl)c(C)cc1O2.O=C(NCCOCCOCCCc1ccc([N+](=O)[O-])cc1)c1ccc(C(=O)O)c(-c2c3cc(Cl)c(=O)cc-3oc3cc(O)c(Cl)cc23)c1.c1ccncc1. The van der Waals surface area contributed by atoms with Gasteiger partial charge in [-0.15, -0.1) is 0 Å². The fraction of sp³-hybridized carbons (Fsp3) is 0.159. The second kappa shape index (κ2) is 27.3. The number of carboxylic acid groups (broad SMARTS) is 1. The zero-order valence-corrected chi connectivity index (χ0v) is 48.8. The van der Waals surface area contributed by atoms with Crippen molar-refractivity contribution < 1.29 is 71.9 Å². The van der Waals surface area contributed by atoms with Gasteiger partial charge in [-0.25, -0.2) is 9.59 Å². The number of carbonyl (C=O) groups is 5. The van der Waals surface area contributed by atoms with Gasteiger partial charge in [0, 0.05) is 107 Å². The van der Waals surface area contributed by atoms with E-state index in [4.69, 9.17) is 79.2 Å². The van der Waals surface area contributed by atoms with Gasteiger partial charge < -0.3 is 48.4 Å². The Balaban J connectivity index is 0.000000199. The van der Waals surface area contributed by atoms with Gasteiger partial charge >= 0.3 is 17.9 Å². The minimum Gasteiger partial charge on any atom is -0.506 e. The summed E-state index contributed by atoms with van der Waals surface area (Å²) in [6, 6.07) is 32.3. The number of nitrogens with zero attached hydrogens (tertiary/aromatic N) is 2. The Morgan fingerprint density at radius 1 is 0.759 bits per heavy atom. The van der Waals surface area contributed by atoms with E-state index in [0.717, 1.165) is 30.0 Å². The third kappa shape index (κ3) is 13.8. The summed E-state index contributed by atoms with van der Waals surface area (Å²) < 4.78 is 39.3. The first kappa shape index (κ1) is 62.1. The number of nitro groups is 1. The summed E-state index contributed by atoms with van der Waals surface area (Å²) in [7, 11) is 0. The number of nitro benzene ring substituents is 1. The number of phenols is 1. The van der Waals surface area contributed by atoms with Crippen LogP contribution in [0.3, 0.4) is 0 Å². The molecule has 1 aromatic heterocycles. The van der Waals surface area contributed by atoms with Crippen molar-refractivity contribution in [1.82, 2.24) is 10.3 Å². The molecular weight excluding hydrogens is 1210 g/mol. The average Bonchev–Trinajstić information content (AvgIpc) is 1.65. The summed E-state index contributed by atoms with van der Waals surface area (Å²) in [5.74, 6) is -2.11. The number of fused-ring (bicyclic) bond motifs is 8. The predicted molar refractivity (Wildman–Crippen MR) is 320 cm³/mol. The first-order valence-electron chi connectivity index (χ1n) is 26.2. The number of carboxylic acids is 1. The van der Waals surface area contributed by atoms with Crippen molar-refractivity contribution >= 4 is 93.3 Å². The second-order valence-electron chi connectivity index (χ2n) is 19.2. The molecule has 3 N–H and O–H groups in total. The van der Waals surface area contributed by atoms with Crippen molar-refractivity contribution in [2.45, 2.75) is 32.3 Å². The highest BCUT2D eigenvalue weighted by molar-refractivity contribution is 6.34. The van der Waals surface area contributed by atoms with Crippen LogP contribution in [0.4, 0.5) is 5.69 Å². The maximum Gasteiger partial charge on any atom is 0.340 e. The number of hydrogen-bond acceptors (Lipinski definition) is 17. The highest BCUT2D eigenvalue weighted by Crippen LogP contribution is 2.59. The molecule has 1 unspecified atom stereocenters. The van der Waals surface area contributed by atoms with E-state index in [1.165, 1.54) is 79.7 Å². The molecule has 11 rings (SSSR count). The monoisotopic (exact) mass is 1260 g/mol. The van der Waals surface area contributed by atoms with Crippen molar-refractivity contribution in [3.8, 4) is 51.2 Å². The number of non-ortho nitro benzene ring substituents is 1. The molecule has 0 radical (unpaired) electrons. The number of benzene rings is 7. The number of amides is 1. The molecule has 1 atom stereocenters. The number of nitrogens with one attached hydrogen (secondary N) is 1. The third-order valence-electron chi connectivity index (χ3n) is 13.5. The average molecular weight is 1260 g/mol. The first-order valence-corrected chi connectivity index (χ1v) is 27.8. The normalized spacial score (nSPS) is 13.3. The summed E-state index contributed by atoms with van der Waals surface area (Å²) >= 11 is 25.2. The van der Waals surface area contributed by atoms with E-state index in [1.807, 2.05) is 25.1 Å².